The topological polar surface area (TPSA) is 49.3 Å². The standard InChI is InChI=1S/C23H25NO2/c1-12-9-13(2)19-18(10-12)24-22(14-3-5-15(6-4-14)23(25)26)21-17-8-7-16(11-17)20(19)21/h3-6,9-10,16-17,20-22,24H,7-8,11H2,1-2H3,(H,25,26)/t16-,17-,20-,21-,22+/m0/s1. The van der Waals surface area contributed by atoms with E-state index in [0.717, 1.165) is 11.8 Å². The lowest BCUT2D eigenvalue weighted by Crippen LogP contribution is -2.36. The van der Waals surface area contributed by atoms with Crippen molar-refractivity contribution >= 4 is 11.7 Å². The Morgan fingerprint density at radius 3 is 2.54 bits per heavy atom. The fourth-order valence-corrected chi connectivity index (χ4v) is 6.19. The second-order valence-electron chi connectivity index (χ2n) is 8.53. The zero-order chi connectivity index (χ0) is 18.0. The van der Waals surface area contributed by atoms with Crippen molar-refractivity contribution in [3.63, 3.8) is 0 Å². The highest BCUT2D eigenvalue weighted by molar-refractivity contribution is 5.87. The molecule has 0 saturated heterocycles. The number of benzene rings is 2. The normalized spacial score (nSPS) is 31.2. The van der Waals surface area contributed by atoms with E-state index in [-0.39, 0.29) is 6.04 Å². The predicted octanol–water partition coefficient (Wildman–Crippen LogP) is 5.30. The fourth-order valence-electron chi connectivity index (χ4n) is 6.19. The summed E-state index contributed by atoms with van der Waals surface area (Å²) in [5, 5.41) is 13.1. The van der Waals surface area contributed by atoms with Crippen LogP contribution in [0.15, 0.2) is 36.4 Å². The lowest BCUT2D eigenvalue weighted by atomic mass is 9.67. The first-order valence-corrected chi connectivity index (χ1v) is 9.74. The molecule has 3 nitrogen and oxygen atoms in total. The third-order valence-corrected chi connectivity index (χ3v) is 7.06. The van der Waals surface area contributed by atoms with E-state index in [2.05, 4.69) is 31.3 Å². The minimum Gasteiger partial charge on any atom is -0.478 e. The van der Waals surface area contributed by atoms with Crippen LogP contribution in [0, 0.1) is 31.6 Å². The van der Waals surface area contributed by atoms with Gasteiger partial charge in [0.25, 0.3) is 0 Å². The van der Waals surface area contributed by atoms with Crippen LogP contribution in [0.2, 0.25) is 0 Å². The summed E-state index contributed by atoms with van der Waals surface area (Å²) in [7, 11) is 0. The smallest absolute Gasteiger partial charge is 0.335 e. The van der Waals surface area contributed by atoms with Gasteiger partial charge in [-0.15, -0.1) is 0 Å². The van der Waals surface area contributed by atoms with Gasteiger partial charge in [0.05, 0.1) is 11.6 Å². The number of aryl methyl sites for hydroxylation is 2. The van der Waals surface area contributed by atoms with Crippen LogP contribution in [0.4, 0.5) is 5.69 Å². The molecule has 2 saturated carbocycles. The summed E-state index contributed by atoms with van der Waals surface area (Å²) in [5.41, 5.74) is 7.16. The third kappa shape index (κ3) is 2.22. The van der Waals surface area contributed by atoms with E-state index < -0.39 is 5.97 Å². The maximum absolute atomic E-state index is 11.2. The van der Waals surface area contributed by atoms with Crippen molar-refractivity contribution in [3.05, 3.63) is 64.2 Å². The van der Waals surface area contributed by atoms with Gasteiger partial charge >= 0.3 is 5.97 Å². The van der Waals surface area contributed by atoms with E-state index in [4.69, 9.17) is 0 Å². The Kier molecular flexibility index (Phi) is 3.43. The third-order valence-electron chi connectivity index (χ3n) is 7.06. The molecule has 2 aromatic rings. The van der Waals surface area contributed by atoms with Gasteiger partial charge in [-0.25, -0.2) is 4.79 Å². The van der Waals surface area contributed by atoms with Gasteiger partial charge in [-0.05, 0) is 97.2 Å². The quantitative estimate of drug-likeness (QED) is 0.775. The molecule has 2 aromatic carbocycles. The van der Waals surface area contributed by atoms with Crippen molar-refractivity contribution < 1.29 is 9.90 Å². The Morgan fingerprint density at radius 1 is 1.08 bits per heavy atom. The Bertz CT molecular complexity index is 886. The molecule has 0 amide bonds. The average Bonchev–Trinajstić information content (AvgIpc) is 3.22. The Labute approximate surface area is 154 Å². The number of hydrogen-bond acceptors (Lipinski definition) is 2. The minimum absolute atomic E-state index is 0.284. The zero-order valence-corrected chi connectivity index (χ0v) is 15.3. The number of rotatable bonds is 2. The summed E-state index contributed by atoms with van der Waals surface area (Å²) in [6.45, 7) is 4.43. The van der Waals surface area contributed by atoms with Crippen LogP contribution in [-0.4, -0.2) is 11.1 Å². The minimum atomic E-state index is -0.859. The molecule has 0 radical (unpaired) electrons. The summed E-state index contributed by atoms with van der Waals surface area (Å²) in [6, 6.07) is 12.4. The average molecular weight is 347 g/mol. The van der Waals surface area contributed by atoms with E-state index in [1.54, 1.807) is 17.7 Å². The van der Waals surface area contributed by atoms with Gasteiger partial charge in [0.1, 0.15) is 0 Å². The molecular formula is C23H25NO2. The molecule has 5 rings (SSSR count). The van der Waals surface area contributed by atoms with Gasteiger partial charge in [-0.3, -0.25) is 0 Å². The van der Waals surface area contributed by atoms with Gasteiger partial charge in [-0.1, -0.05) is 18.2 Å². The molecule has 0 spiro atoms. The van der Waals surface area contributed by atoms with Crippen LogP contribution in [0.25, 0.3) is 0 Å². The van der Waals surface area contributed by atoms with E-state index in [0.29, 0.717) is 17.4 Å². The predicted molar refractivity (Wildman–Crippen MR) is 103 cm³/mol. The lowest BCUT2D eigenvalue weighted by Gasteiger charge is -2.44. The summed E-state index contributed by atoms with van der Waals surface area (Å²) in [5.74, 6) is 2.01. The molecule has 2 N–H and O–H groups in total. The van der Waals surface area contributed by atoms with Crippen molar-refractivity contribution in [2.24, 2.45) is 17.8 Å². The molecule has 2 bridgehead atoms. The Hall–Kier alpha value is -2.29. The van der Waals surface area contributed by atoms with Gasteiger partial charge < -0.3 is 10.4 Å². The van der Waals surface area contributed by atoms with Crippen molar-refractivity contribution in [1.29, 1.82) is 0 Å². The Balaban J connectivity index is 1.61. The first kappa shape index (κ1) is 15.9. The maximum atomic E-state index is 11.2. The molecule has 1 aliphatic heterocycles. The molecule has 3 aliphatic rings. The van der Waals surface area contributed by atoms with Crippen LogP contribution in [0.1, 0.15) is 63.8 Å². The van der Waals surface area contributed by atoms with E-state index in [9.17, 15) is 9.90 Å². The summed E-state index contributed by atoms with van der Waals surface area (Å²) >= 11 is 0. The first-order valence-electron chi connectivity index (χ1n) is 9.74. The van der Waals surface area contributed by atoms with Crippen LogP contribution < -0.4 is 5.32 Å². The Morgan fingerprint density at radius 2 is 1.81 bits per heavy atom. The highest BCUT2D eigenvalue weighted by atomic mass is 16.4. The van der Waals surface area contributed by atoms with E-state index >= 15 is 0 Å². The lowest BCUT2D eigenvalue weighted by molar-refractivity contribution is 0.0697. The molecule has 134 valence electrons. The molecule has 26 heavy (non-hydrogen) atoms. The number of carbonyl (C=O) groups is 1. The number of hydrogen-bond donors (Lipinski definition) is 2. The molecule has 0 aromatic heterocycles. The number of carboxylic acid groups (broad SMARTS) is 1. The molecule has 5 atom stereocenters. The van der Waals surface area contributed by atoms with Crippen molar-refractivity contribution in [2.75, 3.05) is 5.32 Å². The first-order chi connectivity index (χ1) is 12.5. The highest BCUT2D eigenvalue weighted by Gasteiger charge is 2.54. The summed E-state index contributed by atoms with van der Waals surface area (Å²) in [6.07, 6.45) is 4.06. The van der Waals surface area contributed by atoms with Crippen molar-refractivity contribution in [1.82, 2.24) is 0 Å². The van der Waals surface area contributed by atoms with Crippen LogP contribution in [0.3, 0.4) is 0 Å². The van der Waals surface area contributed by atoms with Crippen molar-refractivity contribution in [3.8, 4) is 0 Å². The fraction of sp³-hybridized carbons (Fsp3) is 0.435. The SMILES string of the molecule is Cc1cc(C)c2c(c1)N[C@H](c1ccc(C(=O)O)cc1)[C@H]1[C@H]3CC[C@@H](C3)[C@@H]21. The molecule has 2 fully saturated rings. The molecule has 0 unspecified atom stereocenters. The summed E-state index contributed by atoms with van der Waals surface area (Å²) in [4.78, 5) is 11.2. The number of nitrogens with one attached hydrogen (secondary N) is 1. The molecule has 1 heterocycles. The van der Waals surface area contributed by atoms with Gasteiger partial charge in [0, 0.05) is 5.69 Å². The molecule has 2 aliphatic carbocycles. The number of fused-ring (bicyclic) bond motifs is 7. The van der Waals surface area contributed by atoms with Crippen LogP contribution in [0.5, 0.6) is 0 Å². The maximum Gasteiger partial charge on any atom is 0.335 e. The largest absolute Gasteiger partial charge is 0.478 e. The zero-order valence-electron chi connectivity index (χ0n) is 15.3. The number of aromatic carboxylic acids is 1. The van der Waals surface area contributed by atoms with E-state index in [1.165, 1.54) is 41.6 Å². The summed E-state index contributed by atoms with van der Waals surface area (Å²) < 4.78 is 0. The second kappa shape index (κ2) is 5.60. The van der Waals surface area contributed by atoms with Crippen molar-refractivity contribution in [2.45, 2.75) is 45.1 Å². The van der Waals surface area contributed by atoms with Gasteiger partial charge in [0.2, 0.25) is 0 Å². The number of carboxylic acids is 1. The van der Waals surface area contributed by atoms with E-state index in [1.807, 2.05) is 12.1 Å². The van der Waals surface area contributed by atoms with Gasteiger partial charge in [-0.2, -0.15) is 0 Å². The molecular weight excluding hydrogens is 322 g/mol. The monoisotopic (exact) mass is 347 g/mol. The highest BCUT2D eigenvalue weighted by Crippen LogP contribution is 2.64. The number of anilines is 1. The van der Waals surface area contributed by atoms with Crippen LogP contribution >= 0.6 is 0 Å². The van der Waals surface area contributed by atoms with Crippen LogP contribution in [-0.2, 0) is 0 Å². The van der Waals surface area contributed by atoms with Gasteiger partial charge in [0.15, 0.2) is 0 Å². The second-order valence-corrected chi connectivity index (χ2v) is 8.53. The molecule has 3 heteroatoms.